The van der Waals surface area contributed by atoms with Gasteiger partial charge in [-0.05, 0) is 80.5 Å². The van der Waals surface area contributed by atoms with E-state index in [4.69, 9.17) is 0 Å². The predicted molar refractivity (Wildman–Crippen MR) is 172 cm³/mol. The molecule has 1 heteroatoms. The van der Waals surface area contributed by atoms with E-state index in [1.54, 1.807) is 0 Å². The van der Waals surface area contributed by atoms with Crippen molar-refractivity contribution in [2.45, 2.75) is 52.4 Å². The van der Waals surface area contributed by atoms with Crippen molar-refractivity contribution in [1.29, 1.82) is 0 Å². The summed E-state index contributed by atoms with van der Waals surface area (Å²) in [5.74, 6) is 0. The van der Waals surface area contributed by atoms with Gasteiger partial charge >= 0.3 is 0 Å². The molecule has 40 heavy (non-hydrogen) atoms. The van der Waals surface area contributed by atoms with Gasteiger partial charge in [-0.2, -0.15) is 0 Å². The van der Waals surface area contributed by atoms with Crippen LogP contribution in [-0.4, -0.2) is 0 Å². The minimum absolute atomic E-state index is 0.00925. The first-order chi connectivity index (χ1) is 19.1. The fourth-order valence-corrected chi connectivity index (χ4v) is 6.55. The Morgan fingerprint density at radius 2 is 0.850 bits per heavy atom. The minimum atomic E-state index is 0.00925. The van der Waals surface area contributed by atoms with E-state index in [0.717, 1.165) is 11.4 Å². The van der Waals surface area contributed by atoms with Crippen molar-refractivity contribution in [3.63, 3.8) is 0 Å². The van der Waals surface area contributed by atoms with Gasteiger partial charge in [0.2, 0.25) is 0 Å². The Morgan fingerprint density at radius 1 is 0.425 bits per heavy atom. The number of benzene rings is 5. The van der Waals surface area contributed by atoms with Crippen molar-refractivity contribution in [1.82, 2.24) is 0 Å². The first-order valence-corrected chi connectivity index (χ1v) is 14.4. The lowest BCUT2D eigenvalue weighted by Gasteiger charge is -2.44. The quantitative estimate of drug-likeness (QED) is 0.222. The zero-order chi connectivity index (χ0) is 28.1. The molecule has 0 radical (unpaired) electrons. The summed E-state index contributed by atoms with van der Waals surface area (Å²) in [6.07, 6.45) is 0. The highest BCUT2D eigenvalue weighted by Gasteiger charge is 2.57. The lowest BCUT2D eigenvalue weighted by atomic mass is 9.59. The molecule has 1 aliphatic carbocycles. The second kappa shape index (κ2) is 9.52. The molecular formula is C39H39N. The Balaban J connectivity index is 1.62. The van der Waals surface area contributed by atoms with Gasteiger partial charge in [-0.1, -0.05) is 133 Å². The molecular weight excluding hydrogens is 482 g/mol. The summed E-state index contributed by atoms with van der Waals surface area (Å²) in [4.78, 5) is 2.44. The normalized spacial score (nSPS) is 16.4. The fraction of sp³-hybridized carbons (Fsp3) is 0.231. The summed E-state index contributed by atoms with van der Waals surface area (Å²) in [7, 11) is 0. The first-order valence-electron chi connectivity index (χ1n) is 14.4. The summed E-state index contributed by atoms with van der Waals surface area (Å²) >= 11 is 0. The summed E-state index contributed by atoms with van der Waals surface area (Å²) < 4.78 is 0. The predicted octanol–water partition coefficient (Wildman–Crippen LogP) is 11.1. The molecule has 1 nitrogen and oxygen atoms in total. The van der Waals surface area contributed by atoms with Crippen LogP contribution in [0.1, 0.15) is 52.7 Å². The highest BCUT2D eigenvalue weighted by molar-refractivity contribution is 5.90. The number of nitrogens with zero attached hydrogens (tertiary/aromatic N) is 1. The summed E-state index contributed by atoms with van der Waals surface area (Å²) in [5, 5.41) is 0. The molecule has 0 atom stereocenters. The molecule has 200 valence electrons. The summed E-state index contributed by atoms with van der Waals surface area (Å²) in [6.45, 7) is 14.6. The zero-order valence-electron chi connectivity index (χ0n) is 24.6. The number of fused-ring (bicyclic) bond motifs is 1. The summed E-state index contributed by atoms with van der Waals surface area (Å²) in [5.41, 5.74) is 11.5. The van der Waals surface area contributed by atoms with Crippen LogP contribution in [0.15, 0.2) is 127 Å². The van der Waals surface area contributed by atoms with Crippen molar-refractivity contribution < 1.29 is 0 Å². The topological polar surface area (TPSA) is 3.24 Å². The average Bonchev–Trinajstić information content (AvgIpc) is 3.08. The van der Waals surface area contributed by atoms with Crippen molar-refractivity contribution in [2.24, 2.45) is 5.41 Å². The second-order valence-corrected chi connectivity index (χ2v) is 12.7. The lowest BCUT2D eigenvalue weighted by molar-refractivity contribution is 0.125. The van der Waals surface area contributed by atoms with Gasteiger partial charge in [0.15, 0.2) is 0 Å². The highest BCUT2D eigenvalue weighted by Crippen LogP contribution is 2.63. The Labute approximate surface area is 240 Å². The number of rotatable bonds is 5. The third-order valence-corrected chi connectivity index (χ3v) is 10.2. The molecule has 0 saturated carbocycles. The molecule has 5 aromatic rings. The average molecular weight is 522 g/mol. The van der Waals surface area contributed by atoms with E-state index < -0.39 is 0 Å². The number of para-hydroxylation sites is 1. The van der Waals surface area contributed by atoms with E-state index in [9.17, 15) is 0 Å². The number of hydrogen-bond donors (Lipinski definition) is 0. The molecule has 0 spiro atoms. The van der Waals surface area contributed by atoms with E-state index in [-0.39, 0.29) is 16.2 Å². The molecule has 5 aromatic carbocycles. The Hall–Kier alpha value is -4.10. The summed E-state index contributed by atoms with van der Waals surface area (Å²) in [6, 6.07) is 46.3. The van der Waals surface area contributed by atoms with E-state index in [2.05, 4.69) is 174 Å². The van der Waals surface area contributed by atoms with Gasteiger partial charge in [-0.25, -0.2) is 0 Å². The molecule has 0 unspecified atom stereocenters. The SMILES string of the molecule is CC1(C)c2cc(-c3ccccc3)c(N(c3ccccc3)c3ccc(-c4ccccc4)cc3)cc2C(C)(C)C1(C)C. The van der Waals surface area contributed by atoms with Crippen LogP contribution in [0.5, 0.6) is 0 Å². The minimum Gasteiger partial charge on any atom is -0.310 e. The van der Waals surface area contributed by atoms with Crippen molar-refractivity contribution in [2.75, 3.05) is 4.90 Å². The standard InChI is InChI=1S/C39H39N/c1-37(2)34-26-33(30-18-12-8-13-19-30)36(27-35(34)38(3,4)39(37,5)6)40(31-20-14-9-15-21-31)32-24-22-29(23-25-32)28-16-10-7-11-17-28/h7-27H,1-6H3. The van der Waals surface area contributed by atoms with Crippen LogP contribution in [0.4, 0.5) is 17.1 Å². The van der Waals surface area contributed by atoms with Crippen molar-refractivity contribution >= 4 is 17.1 Å². The molecule has 0 amide bonds. The monoisotopic (exact) mass is 521 g/mol. The molecule has 0 fully saturated rings. The molecule has 0 aliphatic heterocycles. The molecule has 0 saturated heterocycles. The molecule has 6 rings (SSSR count). The van der Waals surface area contributed by atoms with E-state index in [0.29, 0.717) is 0 Å². The maximum absolute atomic E-state index is 2.49. The molecule has 0 aromatic heterocycles. The number of hydrogen-bond acceptors (Lipinski definition) is 1. The smallest absolute Gasteiger partial charge is 0.0543 e. The van der Waals surface area contributed by atoms with Gasteiger partial charge < -0.3 is 4.90 Å². The highest BCUT2D eigenvalue weighted by atomic mass is 15.1. The van der Waals surface area contributed by atoms with Crippen LogP contribution in [0.25, 0.3) is 22.3 Å². The van der Waals surface area contributed by atoms with Crippen LogP contribution in [-0.2, 0) is 10.8 Å². The molecule has 0 bridgehead atoms. The Morgan fingerprint density at radius 3 is 1.40 bits per heavy atom. The van der Waals surface area contributed by atoms with Crippen LogP contribution in [0.3, 0.4) is 0 Å². The van der Waals surface area contributed by atoms with Gasteiger partial charge in [-0.15, -0.1) is 0 Å². The van der Waals surface area contributed by atoms with Gasteiger partial charge in [0.05, 0.1) is 5.69 Å². The fourth-order valence-electron chi connectivity index (χ4n) is 6.55. The largest absolute Gasteiger partial charge is 0.310 e. The second-order valence-electron chi connectivity index (χ2n) is 12.7. The van der Waals surface area contributed by atoms with Gasteiger partial charge in [0.1, 0.15) is 0 Å². The van der Waals surface area contributed by atoms with Crippen LogP contribution in [0, 0.1) is 5.41 Å². The van der Waals surface area contributed by atoms with Crippen LogP contribution >= 0.6 is 0 Å². The van der Waals surface area contributed by atoms with Gasteiger partial charge in [-0.3, -0.25) is 0 Å². The van der Waals surface area contributed by atoms with E-state index >= 15 is 0 Å². The van der Waals surface area contributed by atoms with Crippen molar-refractivity contribution in [3.8, 4) is 22.3 Å². The zero-order valence-corrected chi connectivity index (χ0v) is 24.6. The van der Waals surface area contributed by atoms with Gasteiger partial charge in [0, 0.05) is 16.9 Å². The van der Waals surface area contributed by atoms with E-state index in [1.165, 1.54) is 39.1 Å². The molecule has 0 N–H and O–H groups in total. The maximum Gasteiger partial charge on any atom is 0.0543 e. The first kappa shape index (κ1) is 26.1. The number of anilines is 3. The third kappa shape index (κ3) is 3.99. The van der Waals surface area contributed by atoms with Gasteiger partial charge in [0.25, 0.3) is 0 Å². The lowest BCUT2D eigenvalue weighted by Crippen LogP contribution is -2.42. The van der Waals surface area contributed by atoms with Crippen LogP contribution < -0.4 is 4.90 Å². The van der Waals surface area contributed by atoms with E-state index in [1.807, 2.05) is 0 Å². The molecule has 1 aliphatic rings. The molecule has 0 heterocycles. The third-order valence-electron chi connectivity index (χ3n) is 10.2. The maximum atomic E-state index is 2.49. The Kier molecular flexibility index (Phi) is 6.22. The Bertz CT molecular complexity index is 1630. The van der Waals surface area contributed by atoms with Crippen LogP contribution in [0.2, 0.25) is 0 Å². The van der Waals surface area contributed by atoms with Crippen molar-refractivity contribution in [3.05, 3.63) is 139 Å².